The Morgan fingerprint density at radius 2 is 2.11 bits per heavy atom. The summed E-state index contributed by atoms with van der Waals surface area (Å²) in [5, 5.41) is 11.3. The summed E-state index contributed by atoms with van der Waals surface area (Å²) in [5.74, 6) is -1.14. The normalized spacial score (nSPS) is 20.0. The van der Waals surface area contributed by atoms with Crippen LogP contribution in [0.4, 0.5) is 10.1 Å². The summed E-state index contributed by atoms with van der Waals surface area (Å²) in [5.41, 5.74) is 1.24. The lowest BCUT2D eigenvalue weighted by atomic mass is 10.0. The molecule has 1 aromatic carbocycles. The summed E-state index contributed by atoms with van der Waals surface area (Å²) < 4.78 is 19.9. The van der Waals surface area contributed by atoms with E-state index in [-0.39, 0.29) is 12.5 Å². The van der Waals surface area contributed by atoms with Crippen molar-refractivity contribution in [2.24, 2.45) is 0 Å². The third-order valence-electron chi connectivity index (χ3n) is 4.65. The number of anilines is 1. The van der Waals surface area contributed by atoms with Crippen LogP contribution in [0.1, 0.15) is 12.5 Å². The number of hydrogen-bond donors (Lipinski definition) is 1. The fraction of sp³-hybridized carbons (Fsp3) is 0.421. The van der Waals surface area contributed by atoms with Crippen molar-refractivity contribution < 1.29 is 18.7 Å². The highest BCUT2D eigenvalue weighted by Crippen LogP contribution is 2.28. The third kappa shape index (κ3) is 4.44. The van der Waals surface area contributed by atoms with E-state index < -0.39 is 17.9 Å². The summed E-state index contributed by atoms with van der Waals surface area (Å²) in [4.78, 5) is 27.0. The monoisotopic (exact) mass is 372 g/mol. The van der Waals surface area contributed by atoms with Crippen molar-refractivity contribution in [3.63, 3.8) is 0 Å². The number of nitriles is 1. The second-order valence-corrected chi connectivity index (χ2v) is 6.55. The molecule has 1 atom stereocenters. The van der Waals surface area contributed by atoms with Crippen LogP contribution >= 0.6 is 0 Å². The van der Waals surface area contributed by atoms with Crippen molar-refractivity contribution in [2.75, 3.05) is 44.2 Å². The molecule has 142 valence electrons. The van der Waals surface area contributed by atoms with Gasteiger partial charge in [0.25, 0.3) is 0 Å². The molecule has 2 aliphatic heterocycles. The number of nitrogens with zero attached hydrogens (tertiary/aromatic N) is 3. The first-order valence-corrected chi connectivity index (χ1v) is 8.79. The van der Waals surface area contributed by atoms with Crippen LogP contribution in [-0.4, -0.2) is 62.1 Å². The van der Waals surface area contributed by atoms with Crippen molar-refractivity contribution in [3.8, 4) is 6.07 Å². The maximum Gasteiger partial charge on any atom is 0.339 e. The quantitative estimate of drug-likeness (QED) is 0.611. The molecule has 0 spiro atoms. The molecule has 0 bridgehead atoms. The van der Waals surface area contributed by atoms with E-state index in [2.05, 4.69) is 11.4 Å². The molecule has 0 aliphatic carbocycles. The highest BCUT2D eigenvalue weighted by Gasteiger charge is 2.28. The van der Waals surface area contributed by atoms with Gasteiger partial charge in [0, 0.05) is 33.1 Å². The van der Waals surface area contributed by atoms with Crippen LogP contribution in [0.25, 0.3) is 5.57 Å². The van der Waals surface area contributed by atoms with Crippen molar-refractivity contribution in [1.29, 1.82) is 5.26 Å². The molecule has 3 rings (SSSR count). The highest BCUT2D eigenvalue weighted by molar-refractivity contribution is 6.18. The molecule has 7 nitrogen and oxygen atoms in total. The van der Waals surface area contributed by atoms with E-state index in [1.165, 1.54) is 13.0 Å². The first-order valence-electron chi connectivity index (χ1n) is 8.79. The second-order valence-electron chi connectivity index (χ2n) is 6.55. The molecule has 2 heterocycles. The summed E-state index contributed by atoms with van der Waals surface area (Å²) in [7, 11) is 0. The Balaban J connectivity index is 1.70. The molecular formula is C19H21FN4O3. The van der Waals surface area contributed by atoms with E-state index in [0.29, 0.717) is 49.5 Å². The van der Waals surface area contributed by atoms with Crippen LogP contribution in [-0.2, 0) is 14.3 Å². The zero-order chi connectivity index (χ0) is 19.4. The SMILES string of the molecule is CC(=O)NC[C@H]1C=C(c2ccc(N3CCN(CC#N)CC3)c(F)c2)C(=O)O1. The number of amides is 1. The largest absolute Gasteiger partial charge is 0.453 e. The summed E-state index contributed by atoms with van der Waals surface area (Å²) >= 11 is 0. The molecular weight excluding hydrogens is 351 g/mol. The fourth-order valence-corrected chi connectivity index (χ4v) is 3.23. The molecule has 2 aliphatic rings. The van der Waals surface area contributed by atoms with Gasteiger partial charge in [-0.25, -0.2) is 9.18 Å². The van der Waals surface area contributed by atoms with E-state index in [0.717, 1.165) is 0 Å². The minimum atomic E-state index is -0.549. The van der Waals surface area contributed by atoms with Gasteiger partial charge in [-0.2, -0.15) is 5.26 Å². The Bertz CT molecular complexity index is 810. The summed E-state index contributed by atoms with van der Waals surface area (Å²) in [6, 6.07) is 6.83. The average Bonchev–Trinajstić information content (AvgIpc) is 3.02. The molecule has 1 saturated heterocycles. The van der Waals surface area contributed by atoms with E-state index in [1.54, 1.807) is 18.2 Å². The van der Waals surface area contributed by atoms with E-state index in [9.17, 15) is 14.0 Å². The van der Waals surface area contributed by atoms with E-state index >= 15 is 0 Å². The smallest absolute Gasteiger partial charge is 0.339 e. The molecule has 0 radical (unpaired) electrons. The number of esters is 1. The standard InChI is InChI=1S/C19H21FN4O3/c1-13(25)22-12-15-11-16(19(26)27-15)14-2-3-18(17(20)10-14)24-8-6-23(5-4-21)7-9-24/h2-3,10-11,15H,5-9,12H2,1H3,(H,22,25)/t15-/m1/s1. The molecule has 0 saturated carbocycles. The molecule has 1 aromatic rings. The van der Waals surface area contributed by atoms with Crippen molar-refractivity contribution in [2.45, 2.75) is 13.0 Å². The number of cyclic esters (lactones) is 1. The number of nitrogens with one attached hydrogen (secondary N) is 1. The Hall–Kier alpha value is -2.92. The predicted octanol–water partition coefficient (Wildman–Crippen LogP) is 0.916. The minimum Gasteiger partial charge on any atom is -0.453 e. The second kappa shape index (κ2) is 8.18. The van der Waals surface area contributed by atoms with Gasteiger partial charge < -0.3 is 15.0 Å². The fourth-order valence-electron chi connectivity index (χ4n) is 3.23. The van der Waals surface area contributed by atoms with Crippen molar-refractivity contribution in [3.05, 3.63) is 35.7 Å². The Kier molecular flexibility index (Phi) is 5.72. The van der Waals surface area contributed by atoms with Crippen LogP contribution in [0.5, 0.6) is 0 Å². The van der Waals surface area contributed by atoms with Gasteiger partial charge in [-0.05, 0) is 23.8 Å². The van der Waals surface area contributed by atoms with Crippen molar-refractivity contribution in [1.82, 2.24) is 10.2 Å². The average molecular weight is 372 g/mol. The van der Waals surface area contributed by atoms with Gasteiger partial charge in [0.05, 0.1) is 30.4 Å². The number of ether oxygens (including phenoxy) is 1. The van der Waals surface area contributed by atoms with Crippen LogP contribution in [0, 0.1) is 17.1 Å². The minimum absolute atomic E-state index is 0.193. The van der Waals surface area contributed by atoms with Gasteiger partial charge >= 0.3 is 5.97 Å². The lowest BCUT2D eigenvalue weighted by molar-refractivity contribution is -0.138. The first-order chi connectivity index (χ1) is 13.0. The van der Waals surface area contributed by atoms with Crippen LogP contribution < -0.4 is 10.2 Å². The number of rotatable bonds is 5. The van der Waals surface area contributed by atoms with Crippen LogP contribution in [0.3, 0.4) is 0 Å². The predicted molar refractivity (Wildman–Crippen MR) is 97.2 cm³/mol. The lowest BCUT2D eigenvalue weighted by Gasteiger charge is -2.35. The maximum atomic E-state index is 14.7. The number of hydrogen-bond acceptors (Lipinski definition) is 6. The topological polar surface area (TPSA) is 85.7 Å². The molecule has 27 heavy (non-hydrogen) atoms. The van der Waals surface area contributed by atoms with Crippen LogP contribution in [0.15, 0.2) is 24.3 Å². The number of benzene rings is 1. The number of carbonyl (C=O) groups excluding carboxylic acids is 2. The third-order valence-corrected chi connectivity index (χ3v) is 4.65. The van der Waals surface area contributed by atoms with Gasteiger partial charge in [-0.15, -0.1) is 0 Å². The number of piperazine rings is 1. The van der Waals surface area contributed by atoms with E-state index in [4.69, 9.17) is 10.00 Å². The number of carbonyl (C=O) groups is 2. The first kappa shape index (κ1) is 18.9. The molecule has 1 fully saturated rings. The molecule has 1 amide bonds. The molecule has 0 aromatic heterocycles. The van der Waals surface area contributed by atoms with Gasteiger partial charge in [-0.3, -0.25) is 9.69 Å². The van der Waals surface area contributed by atoms with Gasteiger partial charge in [-0.1, -0.05) is 6.07 Å². The summed E-state index contributed by atoms with van der Waals surface area (Å²) in [6.45, 7) is 4.65. The molecule has 8 heteroatoms. The zero-order valence-electron chi connectivity index (χ0n) is 15.1. The summed E-state index contributed by atoms with van der Waals surface area (Å²) in [6.07, 6.45) is 1.06. The van der Waals surface area contributed by atoms with Crippen molar-refractivity contribution >= 4 is 23.1 Å². The van der Waals surface area contributed by atoms with Gasteiger partial charge in [0.1, 0.15) is 11.9 Å². The molecule has 0 unspecified atom stereocenters. The maximum absolute atomic E-state index is 14.7. The lowest BCUT2D eigenvalue weighted by Crippen LogP contribution is -2.46. The van der Waals surface area contributed by atoms with E-state index in [1.807, 2.05) is 9.80 Å². The van der Waals surface area contributed by atoms with Gasteiger partial charge in [0.2, 0.25) is 5.91 Å². The Morgan fingerprint density at radius 3 is 2.74 bits per heavy atom. The number of halogens is 1. The zero-order valence-corrected chi connectivity index (χ0v) is 15.1. The van der Waals surface area contributed by atoms with Gasteiger partial charge in [0.15, 0.2) is 0 Å². The molecule has 1 N–H and O–H groups in total. The highest BCUT2D eigenvalue weighted by atomic mass is 19.1. The van der Waals surface area contributed by atoms with Crippen LogP contribution in [0.2, 0.25) is 0 Å². The Labute approximate surface area is 157 Å². The Morgan fingerprint density at radius 1 is 1.37 bits per heavy atom.